The second-order valence-corrected chi connectivity index (χ2v) is 8.41. The molecule has 1 atom stereocenters. The zero-order valence-corrected chi connectivity index (χ0v) is 16.5. The van der Waals surface area contributed by atoms with E-state index < -0.39 is 0 Å². The lowest BCUT2D eigenvalue weighted by Crippen LogP contribution is -2.50. The van der Waals surface area contributed by atoms with Crippen LogP contribution in [0, 0.1) is 0 Å². The van der Waals surface area contributed by atoms with Crippen molar-refractivity contribution in [3.63, 3.8) is 0 Å². The molecule has 7 heteroatoms. The fraction of sp³-hybridized carbons (Fsp3) is 0.429. The van der Waals surface area contributed by atoms with Crippen LogP contribution in [0.1, 0.15) is 23.4 Å². The molecular formula is C21H23N3O3S. The van der Waals surface area contributed by atoms with Crippen LogP contribution in [0.2, 0.25) is 0 Å². The Morgan fingerprint density at radius 3 is 2.79 bits per heavy atom. The van der Waals surface area contributed by atoms with E-state index in [1.54, 1.807) is 17.4 Å². The van der Waals surface area contributed by atoms with Crippen molar-refractivity contribution in [3.05, 3.63) is 42.2 Å². The number of thiazole rings is 1. The van der Waals surface area contributed by atoms with Crippen LogP contribution < -0.4 is 0 Å². The molecule has 6 nitrogen and oxygen atoms in total. The number of hydrogen-bond donors (Lipinski definition) is 0. The number of nitrogens with zero attached hydrogens (tertiary/aromatic N) is 3. The van der Waals surface area contributed by atoms with E-state index in [0.717, 1.165) is 61.0 Å². The molecule has 2 aliphatic rings. The maximum Gasteiger partial charge on any atom is 0.289 e. The van der Waals surface area contributed by atoms with Gasteiger partial charge < -0.3 is 14.1 Å². The van der Waals surface area contributed by atoms with Crippen LogP contribution in [0.3, 0.4) is 0 Å². The predicted molar refractivity (Wildman–Crippen MR) is 109 cm³/mol. The highest BCUT2D eigenvalue weighted by Gasteiger charge is 2.27. The minimum atomic E-state index is -0.0378. The maximum atomic E-state index is 12.8. The van der Waals surface area contributed by atoms with Gasteiger partial charge in [-0.1, -0.05) is 12.1 Å². The summed E-state index contributed by atoms with van der Waals surface area (Å²) in [6.07, 6.45) is 2.68. The normalized spacial score (nSPS) is 20.9. The number of piperazine rings is 1. The number of benzene rings is 1. The van der Waals surface area contributed by atoms with Gasteiger partial charge >= 0.3 is 0 Å². The Kier molecular flexibility index (Phi) is 4.88. The quantitative estimate of drug-likeness (QED) is 0.674. The molecule has 0 saturated carbocycles. The lowest BCUT2D eigenvalue weighted by molar-refractivity contribution is 0.0417. The summed E-state index contributed by atoms with van der Waals surface area (Å²) in [6, 6.07) is 11.6. The molecule has 4 heterocycles. The third-order valence-corrected chi connectivity index (χ3v) is 6.52. The molecule has 0 N–H and O–H groups in total. The van der Waals surface area contributed by atoms with Crippen LogP contribution in [0.15, 0.2) is 40.8 Å². The highest BCUT2D eigenvalue weighted by atomic mass is 32.1. The van der Waals surface area contributed by atoms with Crippen LogP contribution in [-0.4, -0.2) is 66.1 Å². The number of carbonyl (C=O) groups is 1. The van der Waals surface area contributed by atoms with Crippen molar-refractivity contribution < 1.29 is 13.9 Å². The third kappa shape index (κ3) is 3.57. The number of rotatable bonds is 4. The van der Waals surface area contributed by atoms with Gasteiger partial charge in [-0.2, -0.15) is 0 Å². The van der Waals surface area contributed by atoms with Crippen LogP contribution in [-0.2, 0) is 4.74 Å². The summed E-state index contributed by atoms with van der Waals surface area (Å²) >= 11 is 1.58. The lowest BCUT2D eigenvalue weighted by atomic mass is 10.2. The Balaban J connectivity index is 1.23. The van der Waals surface area contributed by atoms with Crippen LogP contribution in [0.4, 0.5) is 0 Å². The van der Waals surface area contributed by atoms with Crippen molar-refractivity contribution >= 4 is 27.5 Å². The zero-order chi connectivity index (χ0) is 18.9. The SMILES string of the molecule is O=C(c1ccc(-c2nc3ccccc3s2)o1)N1CCN(C[C@H]2CCCO2)CC1. The summed E-state index contributed by atoms with van der Waals surface area (Å²) in [6.45, 7) is 5.09. The molecule has 2 aromatic heterocycles. The van der Waals surface area contributed by atoms with Crippen LogP contribution >= 0.6 is 11.3 Å². The van der Waals surface area contributed by atoms with Gasteiger partial charge in [0.25, 0.3) is 5.91 Å². The Bertz CT molecular complexity index is 935. The van der Waals surface area contributed by atoms with Gasteiger partial charge in [-0.3, -0.25) is 9.69 Å². The number of para-hydroxylation sites is 1. The Morgan fingerprint density at radius 1 is 1.14 bits per heavy atom. The second kappa shape index (κ2) is 7.66. The van der Waals surface area contributed by atoms with Crippen molar-refractivity contribution in [3.8, 4) is 10.8 Å². The second-order valence-electron chi connectivity index (χ2n) is 7.38. The Hall–Kier alpha value is -2.22. The predicted octanol–water partition coefficient (Wildman–Crippen LogP) is 3.49. The number of fused-ring (bicyclic) bond motifs is 1. The highest BCUT2D eigenvalue weighted by Crippen LogP contribution is 2.31. The largest absolute Gasteiger partial charge is 0.448 e. The van der Waals surface area contributed by atoms with E-state index in [0.29, 0.717) is 17.6 Å². The minimum Gasteiger partial charge on any atom is -0.448 e. The van der Waals surface area contributed by atoms with Gasteiger partial charge in [-0.05, 0) is 37.1 Å². The third-order valence-electron chi connectivity index (χ3n) is 5.47. The van der Waals surface area contributed by atoms with E-state index in [-0.39, 0.29) is 5.91 Å². The average molecular weight is 398 g/mol. The molecule has 0 spiro atoms. The zero-order valence-electron chi connectivity index (χ0n) is 15.7. The van der Waals surface area contributed by atoms with Crippen molar-refractivity contribution in [1.29, 1.82) is 0 Å². The monoisotopic (exact) mass is 397 g/mol. The smallest absolute Gasteiger partial charge is 0.289 e. The van der Waals surface area contributed by atoms with Gasteiger partial charge in [0.2, 0.25) is 0 Å². The van der Waals surface area contributed by atoms with E-state index >= 15 is 0 Å². The van der Waals surface area contributed by atoms with E-state index in [4.69, 9.17) is 9.15 Å². The van der Waals surface area contributed by atoms with Crippen LogP contribution in [0.25, 0.3) is 21.0 Å². The molecule has 2 aliphatic heterocycles. The van der Waals surface area contributed by atoms with E-state index in [1.807, 2.05) is 35.2 Å². The Morgan fingerprint density at radius 2 is 2.00 bits per heavy atom. The first-order valence-corrected chi connectivity index (χ1v) is 10.7. The first-order chi connectivity index (χ1) is 13.8. The van der Waals surface area contributed by atoms with Gasteiger partial charge in [0.1, 0.15) is 0 Å². The molecule has 1 amide bonds. The maximum absolute atomic E-state index is 12.8. The van der Waals surface area contributed by atoms with Crippen LogP contribution in [0.5, 0.6) is 0 Å². The van der Waals surface area contributed by atoms with E-state index in [2.05, 4.69) is 9.88 Å². The minimum absolute atomic E-state index is 0.0378. The molecule has 2 fully saturated rings. The summed E-state index contributed by atoms with van der Waals surface area (Å²) in [4.78, 5) is 21.7. The topological polar surface area (TPSA) is 58.8 Å². The summed E-state index contributed by atoms with van der Waals surface area (Å²) < 4.78 is 12.7. The van der Waals surface area contributed by atoms with Gasteiger partial charge in [0.05, 0.1) is 16.3 Å². The van der Waals surface area contributed by atoms with E-state index in [1.165, 1.54) is 6.42 Å². The summed E-state index contributed by atoms with van der Waals surface area (Å²) in [7, 11) is 0. The summed E-state index contributed by atoms with van der Waals surface area (Å²) in [5, 5.41) is 0.807. The molecule has 0 radical (unpaired) electrons. The number of furan rings is 1. The summed E-state index contributed by atoms with van der Waals surface area (Å²) in [5.74, 6) is 1.01. The number of carbonyl (C=O) groups excluding carboxylic acids is 1. The van der Waals surface area contributed by atoms with E-state index in [9.17, 15) is 4.79 Å². The number of amides is 1. The average Bonchev–Trinajstić information content (AvgIpc) is 3.47. The molecule has 28 heavy (non-hydrogen) atoms. The van der Waals surface area contributed by atoms with Crippen molar-refractivity contribution in [2.24, 2.45) is 0 Å². The van der Waals surface area contributed by atoms with Gasteiger partial charge in [0, 0.05) is 39.3 Å². The molecule has 0 bridgehead atoms. The fourth-order valence-electron chi connectivity index (χ4n) is 3.91. The molecule has 0 aliphatic carbocycles. The standard InChI is InChI=1S/C21H23N3O3S/c25-21(24-11-9-23(10-12-24)14-15-4-3-13-26-15)18-8-7-17(27-18)20-22-16-5-1-2-6-19(16)28-20/h1-2,5-8,15H,3-4,9-14H2/t15-/m1/s1. The Labute approximate surface area is 167 Å². The summed E-state index contributed by atoms with van der Waals surface area (Å²) in [5.41, 5.74) is 0.953. The van der Waals surface area contributed by atoms with Gasteiger partial charge in [-0.15, -0.1) is 11.3 Å². The molecule has 146 valence electrons. The van der Waals surface area contributed by atoms with Crippen molar-refractivity contribution in [2.75, 3.05) is 39.3 Å². The number of hydrogen-bond acceptors (Lipinski definition) is 6. The molecule has 2 saturated heterocycles. The van der Waals surface area contributed by atoms with Gasteiger partial charge in [0.15, 0.2) is 16.5 Å². The first-order valence-electron chi connectivity index (χ1n) is 9.85. The number of aromatic nitrogens is 1. The molecular weight excluding hydrogens is 374 g/mol. The molecule has 5 rings (SSSR count). The molecule has 1 aromatic carbocycles. The number of ether oxygens (including phenoxy) is 1. The van der Waals surface area contributed by atoms with Crippen molar-refractivity contribution in [1.82, 2.24) is 14.8 Å². The highest BCUT2D eigenvalue weighted by molar-refractivity contribution is 7.21. The lowest BCUT2D eigenvalue weighted by Gasteiger charge is -2.35. The first kappa shape index (κ1) is 17.8. The van der Waals surface area contributed by atoms with Gasteiger partial charge in [-0.25, -0.2) is 4.98 Å². The fourth-order valence-corrected chi connectivity index (χ4v) is 4.84. The van der Waals surface area contributed by atoms with Crippen molar-refractivity contribution in [2.45, 2.75) is 18.9 Å². The molecule has 3 aromatic rings. The molecule has 0 unspecified atom stereocenters.